The van der Waals surface area contributed by atoms with Crippen LogP contribution in [0.4, 0.5) is 0 Å². The topological polar surface area (TPSA) is 38.7 Å². The molecule has 110 valence electrons. The molecule has 0 radical (unpaired) electrons. The van der Waals surface area contributed by atoms with Gasteiger partial charge in [-0.05, 0) is 23.8 Å². The fourth-order valence-corrected chi connectivity index (χ4v) is 3.72. The molecular weight excluding hydrogens is 284 g/mol. The Kier molecular flexibility index (Phi) is 4.36. The zero-order valence-corrected chi connectivity index (χ0v) is 12.7. The summed E-state index contributed by atoms with van der Waals surface area (Å²) in [6.45, 7) is 0.583. The van der Waals surface area contributed by atoms with Crippen molar-refractivity contribution in [3.8, 4) is 11.5 Å². The number of fused-ring (bicyclic) bond motifs is 1. The molecule has 21 heavy (non-hydrogen) atoms. The van der Waals surface area contributed by atoms with Crippen LogP contribution < -0.4 is 9.47 Å². The highest BCUT2D eigenvalue weighted by Gasteiger charge is 2.23. The van der Waals surface area contributed by atoms with Gasteiger partial charge >= 0.3 is 0 Å². The van der Waals surface area contributed by atoms with Crippen LogP contribution in [0.1, 0.15) is 17.0 Å². The van der Waals surface area contributed by atoms with Crippen molar-refractivity contribution in [3.05, 3.63) is 53.6 Å². The third-order valence-electron chi connectivity index (χ3n) is 3.68. The summed E-state index contributed by atoms with van der Waals surface area (Å²) in [5.41, 5.74) is 2.14. The van der Waals surface area contributed by atoms with Crippen LogP contribution in [0.15, 0.2) is 47.4 Å². The molecule has 3 rings (SSSR count). The van der Waals surface area contributed by atoms with Gasteiger partial charge in [0.2, 0.25) is 0 Å². The van der Waals surface area contributed by atoms with Gasteiger partial charge in [-0.2, -0.15) is 0 Å². The second kappa shape index (κ2) is 6.41. The molecule has 0 fully saturated rings. The number of ether oxygens (including phenoxy) is 2. The van der Waals surface area contributed by atoms with Crippen LogP contribution in [0.3, 0.4) is 0 Å². The van der Waals surface area contributed by atoms with Crippen LogP contribution in [0.25, 0.3) is 0 Å². The molecule has 1 aliphatic rings. The van der Waals surface area contributed by atoms with Gasteiger partial charge in [-0.1, -0.05) is 18.2 Å². The van der Waals surface area contributed by atoms with Crippen LogP contribution in [0.2, 0.25) is 0 Å². The Labute approximate surface area is 128 Å². The Morgan fingerprint density at radius 3 is 2.90 bits per heavy atom. The van der Waals surface area contributed by atoms with Gasteiger partial charge in [0, 0.05) is 28.2 Å². The Balaban J connectivity index is 1.74. The number of hydrogen-bond acceptors (Lipinski definition) is 4. The van der Waals surface area contributed by atoms with E-state index >= 15 is 0 Å². The summed E-state index contributed by atoms with van der Waals surface area (Å²) >= 11 is 1.87. The van der Waals surface area contributed by atoms with E-state index in [2.05, 4.69) is 24.3 Å². The third-order valence-corrected chi connectivity index (χ3v) is 4.94. The van der Waals surface area contributed by atoms with Crippen LogP contribution in [-0.4, -0.2) is 24.6 Å². The molecule has 2 aromatic carbocycles. The maximum Gasteiger partial charge on any atom is 0.128 e. The van der Waals surface area contributed by atoms with E-state index in [9.17, 15) is 5.11 Å². The molecule has 1 heterocycles. The van der Waals surface area contributed by atoms with Gasteiger partial charge in [0.1, 0.15) is 11.5 Å². The van der Waals surface area contributed by atoms with Gasteiger partial charge < -0.3 is 14.6 Å². The summed E-state index contributed by atoms with van der Waals surface area (Å²) in [5.74, 6) is 2.87. The van der Waals surface area contributed by atoms with Crippen molar-refractivity contribution in [2.75, 3.05) is 19.5 Å². The lowest BCUT2D eigenvalue weighted by atomic mass is 10.0. The first kappa shape index (κ1) is 14.3. The van der Waals surface area contributed by atoms with Gasteiger partial charge in [-0.15, -0.1) is 11.8 Å². The van der Waals surface area contributed by atoms with E-state index in [0.29, 0.717) is 18.3 Å². The second-order valence-corrected chi connectivity index (χ2v) is 6.05. The van der Waals surface area contributed by atoms with Gasteiger partial charge in [0.15, 0.2) is 0 Å². The number of benzene rings is 2. The quantitative estimate of drug-likeness (QED) is 0.918. The van der Waals surface area contributed by atoms with Gasteiger partial charge in [-0.25, -0.2) is 0 Å². The van der Waals surface area contributed by atoms with Crippen molar-refractivity contribution in [2.45, 2.75) is 17.4 Å². The Hall–Kier alpha value is -1.65. The first-order valence-corrected chi connectivity index (χ1v) is 7.92. The highest BCUT2D eigenvalue weighted by molar-refractivity contribution is 7.99. The molecule has 0 aliphatic carbocycles. The molecule has 1 N–H and O–H groups in total. The molecule has 0 saturated carbocycles. The zero-order valence-electron chi connectivity index (χ0n) is 11.9. The minimum atomic E-state index is -0.0324. The predicted octanol–water partition coefficient (Wildman–Crippen LogP) is 3.46. The largest absolute Gasteiger partial charge is 0.497 e. The number of rotatable bonds is 5. The molecule has 1 aliphatic heterocycles. The molecular formula is C17H18O3S. The van der Waals surface area contributed by atoms with Crippen molar-refractivity contribution in [3.63, 3.8) is 0 Å². The van der Waals surface area contributed by atoms with E-state index in [0.717, 1.165) is 17.1 Å². The minimum absolute atomic E-state index is 0.0324. The lowest BCUT2D eigenvalue weighted by molar-refractivity contribution is 0.256. The number of hydrogen-bond donors (Lipinski definition) is 1. The van der Waals surface area contributed by atoms with E-state index in [1.54, 1.807) is 7.11 Å². The van der Waals surface area contributed by atoms with Crippen molar-refractivity contribution in [1.29, 1.82) is 0 Å². The van der Waals surface area contributed by atoms with E-state index in [1.165, 1.54) is 10.5 Å². The molecule has 0 bridgehead atoms. The molecule has 0 saturated heterocycles. The van der Waals surface area contributed by atoms with Gasteiger partial charge in [-0.3, -0.25) is 0 Å². The first-order valence-electron chi connectivity index (χ1n) is 6.94. The van der Waals surface area contributed by atoms with Crippen molar-refractivity contribution >= 4 is 11.8 Å². The maximum atomic E-state index is 9.41. The zero-order chi connectivity index (χ0) is 14.7. The van der Waals surface area contributed by atoms with Gasteiger partial charge in [0.25, 0.3) is 0 Å². The van der Waals surface area contributed by atoms with E-state index in [1.807, 2.05) is 30.0 Å². The second-order valence-electron chi connectivity index (χ2n) is 4.99. The Morgan fingerprint density at radius 1 is 1.24 bits per heavy atom. The van der Waals surface area contributed by atoms with Crippen LogP contribution in [-0.2, 0) is 6.61 Å². The summed E-state index contributed by atoms with van der Waals surface area (Å²) in [6, 6.07) is 14.0. The molecule has 2 aromatic rings. The van der Waals surface area contributed by atoms with Crippen molar-refractivity contribution < 1.29 is 14.6 Å². The van der Waals surface area contributed by atoms with E-state index in [4.69, 9.17) is 9.47 Å². The summed E-state index contributed by atoms with van der Waals surface area (Å²) in [6.07, 6.45) is 0. The van der Waals surface area contributed by atoms with Crippen LogP contribution in [0.5, 0.6) is 11.5 Å². The number of thioether (sulfide) groups is 1. The molecule has 1 atom stereocenters. The number of methoxy groups -OCH3 is 1. The summed E-state index contributed by atoms with van der Waals surface area (Å²) < 4.78 is 11.2. The molecule has 3 nitrogen and oxygen atoms in total. The lowest BCUT2D eigenvalue weighted by Gasteiger charge is -2.15. The fraction of sp³-hybridized carbons (Fsp3) is 0.294. The summed E-state index contributed by atoms with van der Waals surface area (Å²) in [7, 11) is 1.63. The van der Waals surface area contributed by atoms with Gasteiger partial charge in [0.05, 0.1) is 20.3 Å². The standard InChI is InChI=1S/C17H18O3S/c1-19-14-7-6-12(9-18)16(8-14)20-10-13-11-21-17-5-3-2-4-15(13)17/h2-8,13,18H,9-11H2,1H3. The SMILES string of the molecule is COc1ccc(CO)c(OCC2CSc3ccccc32)c1. The summed E-state index contributed by atoms with van der Waals surface area (Å²) in [5, 5.41) is 9.41. The van der Waals surface area contributed by atoms with Crippen molar-refractivity contribution in [1.82, 2.24) is 0 Å². The third kappa shape index (κ3) is 3.01. The minimum Gasteiger partial charge on any atom is -0.497 e. The monoisotopic (exact) mass is 302 g/mol. The molecule has 1 unspecified atom stereocenters. The fourth-order valence-electron chi connectivity index (χ4n) is 2.48. The smallest absolute Gasteiger partial charge is 0.128 e. The Bertz CT molecular complexity index is 627. The predicted molar refractivity (Wildman–Crippen MR) is 84.3 cm³/mol. The van der Waals surface area contributed by atoms with Crippen LogP contribution in [0, 0.1) is 0 Å². The summed E-state index contributed by atoms with van der Waals surface area (Å²) in [4.78, 5) is 1.35. The first-order chi connectivity index (χ1) is 10.3. The molecule has 0 spiro atoms. The average Bonchev–Trinajstić information content (AvgIpc) is 2.96. The highest BCUT2D eigenvalue weighted by Crippen LogP contribution is 2.39. The molecule has 0 amide bonds. The average molecular weight is 302 g/mol. The Morgan fingerprint density at radius 2 is 2.10 bits per heavy atom. The molecule has 0 aromatic heterocycles. The van der Waals surface area contributed by atoms with E-state index in [-0.39, 0.29) is 6.61 Å². The lowest BCUT2D eigenvalue weighted by Crippen LogP contribution is -2.10. The maximum absolute atomic E-state index is 9.41. The van der Waals surface area contributed by atoms with Crippen LogP contribution >= 0.6 is 11.8 Å². The molecule has 4 heteroatoms. The van der Waals surface area contributed by atoms with Crippen molar-refractivity contribution in [2.24, 2.45) is 0 Å². The highest BCUT2D eigenvalue weighted by atomic mass is 32.2. The number of aliphatic hydroxyl groups is 1. The normalized spacial score (nSPS) is 16.6. The van der Waals surface area contributed by atoms with E-state index < -0.39 is 0 Å². The number of aliphatic hydroxyl groups excluding tert-OH is 1.